The van der Waals surface area contributed by atoms with Gasteiger partial charge in [0.15, 0.2) is 0 Å². The van der Waals surface area contributed by atoms with Crippen LogP contribution < -0.4 is 9.64 Å². The first-order valence-corrected chi connectivity index (χ1v) is 12.0. The highest BCUT2D eigenvalue weighted by Crippen LogP contribution is 2.42. The Balaban J connectivity index is 1.58. The van der Waals surface area contributed by atoms with E-state index in [0.717, 1.165) is 5.69 Å². The second-order valence-electron chi connectivity index (χ2n) is 9.16. The molecule has 2 aliphatic rings. The molecule has 38 heavy (non-hydrogen) atoms. The summed E-state index contributed by atoms with van der Waals surface area (Å²) in [6.45, 7) is 1.26. The van der Waals surface area contributed by atoms with Gasteiger partial charge in [-0.25, -0.2) is 4.79 Å². The molecule has 0 bridgehead atoms. The molecule has 1 fully saturated rings. The molecule has 2 N–H and O–H groups in total. The van der Waals surface area contributed by atoms with Gasteiger partial charge < -0.3 is 29.5 Å². The number of hydrogen-bond acceptors (Lipinski definition) is 8. The molecule has 9 nitrogen and oxygen atoms in total. The quantitative estimate of drug-likeness (QED) is 0.230. The van der Waals surface area contributed by atoms with E-state index >= 15 is 0 Å². The first-order valence-electron chi connectivity index (χ1n) is 12.0. The van der Waals surface area contributed by atoms with Crippen molar-refractivity contribution in [3.05, 3.63) is 94.6 Å². The fraction of sp³-hybridized carbons (Fsp3) is 0.207. The van der Waals surface area contributed by atoms with E-state index in [1.165, 1.54) is 24.1 Å². The van der Waals surface area contributed by atoms with Gasteiger partial charge in [0.05, 0.1) is 36.5 Å². The number of carbonyl (C=O) groups excluding carboxylic acids is 3. The number of ether oxygens (including phenoxy) is 2. The molecule has 9 heteroatoms. The van der Waals surface area contributed by atoms with Gasteiger partial charge in [-0.2, -0.15) is 0 Å². The first-order chi connectivity index (χ1) is 18.3. The second-order valence-corrected chi connectivity index (χ2v) is 9.16. The number of esters is 1. The monoisotopic (exact) mass is 514 g/mol. The van der Waals surface area contributed by atoms with Crippen LogP contribution in [0.1, 0.15) is 33.1 Å². The molecule has 0 spiro atoms. The van der Waals surface area contributed by atoms with Gasteiger partial charge in [0, 0.05) is 19.2 Å². The summed E-state index contributed by atoms with van der Waals surface area (Å²) in [4.78, 5) is 41.8. The van der Waals surface area contributed by atoms with Crippen LogP contribution in [0, 0.1) is 0 Å². The number of rotatable bonds is 5. The maximum Gasteiger partial charge on any atom is 0.337 e. The summed E-state index contributed by atoms with van der Waals surface area (Å²) < 4.78 is 10.4. The lowest BCUT2D eigenvalue weighted by molar-refractivity contribution is -0.140. The van der Waals surface area contributed by atoms with Gasteiger partial charge in [0.1, 0.15) is 23.9 Å². The number of Topliss-reactive ketones (excluding diaryl/α,β-unsaturated/α-hetero) is 1. The smallest absolute Gasteiger partial charge is 0.337 e. The van der Waals surface area contributed by atoms with Crippen LogP contribution in [0.25, 0.3) is 5.76 Å². The van der Waals surface area contributed by atoms with Crippen LogP contribution in [0.15, 0.2) is 72.3 Å². The van der Waals surface area contributed by atoms with Crippen molar-refractivity contribution in [2.75, 3.05) is 32.2 Å². The minimum atomic E-state index is -0.902. The summed E-state index contributed by atoms with van der Waals surface area (Å²) in [7, 11) is 3.20. The Morgan fingerprint density at radius 3 is 2.39 bits per heavy atom. The predicted octanol–water partition coefficient (Wildman–Crippen LogP) is 3.63. The Hall–Kier alpha value is -4.79. The van der Waals surface area contributed by atoms with Gasteiger partial charge in [0.25, 0.3) is 11.7 Å². The Morgan fingerprint density at radius 1 is 1.03 bits per heavy atom. The van der Waals surface area contributed by atoms with Gasteiger partial charge >= 0.3 is 5.97 Å². The molecule has 2 aliphatic heterocycles. The zero-order valence-corrected chi connectivity index (χ0v) is 20.9. The van der Waals surface area contributed by atoms with E-state index in [1.54, 1.807) is 54.6 Å². The summed E-state index contributed by atoms with van der Waals surface area (Å²) in [6.07, 6.45) is 0. The molecule has 1 saturated heterocycles. The topological polar surface area (TPSA) is 117 Å². The van der Waals surface area contributed by atoms with Crippen LogP contribution in [0.3, 0.4) is 0 Å². The molecule has 0 radical (unpaired) electrons. The maximum absolute atomic E-state index is 13.4. The third-order valence-corrected chi connectivity index (χ3v) is 6.80. The number of fused-ring (bicyclic) bond motifs is 1. The lowest BCUT2D eigenvalue weighted by atomic mass is 9.94. The van der Waals surface area contributed by atoms with Gasteiger partial charge in [-0.15, -0.1) is 0 Å². The van der Waals surface area contributed by atoms with E-state index in [-0.39, 0.29) is 23.6 Å². The third-order valence-electron chi connectivity index (χ3n) is 6.80. The summed E-state index contributed by atoms with van der Waals surface area (Å²) >= 11 is 0. The van der Waals surface area contributed by atoms with Crippen molar-refractivity contribution < 1.29 is 34.1 Å². The van der Waals surface area contributed by atoms with Gasteiger partial charge in [-0.3, -0.25) is 9.59 Å². The Morgan fingerprint density at radius 2 is 1.71 bits per heavy atom. The molecule has 2 heterocycles. The SMILES string of the molecule is COC(=O)c1ccc(CN2C(=O)C(=O)/C(=C(\O)c3ccc4c(c3)N(C)CCO4)C2c2ccc(O)cc2)cc1. The number of phenols is 1. The standard InChI is InChI=1S/C29H26N2O7/c1-30-13-14-38-23-12-9-20(15-22(23)30)26(33)24-25(18-7-10-21(32)11-8-18)31(28(35)27(24)34)16-17-3-5-19(6-4-17)29(36)37-2/h3-12,15,25,32-33H,13-14,16H2,1-2H3/b26-24-. The van der Waals surface area contributed by atoms with E-state index in [9.17, 15) is 24.6 Å². The van der Waals surface area contributed by atoms with Gasteiger partial charge in [0.2, 0.25) is 0 Å². The van der Waals surface area contributed by atoms with Crippen LogP contribution in [-0.2, 0) is 20.9 Å². The number of aliphatic hydroxyl groups is 1. The van der Waals surface area contributed by atoms with E-state index in [4.69, 9.17) is 9.47 Å². The number of amides is 1. The molecule has 0 aromatic heterocycles. The first kappa shape index (κ1) is 24.9. The van der Waals surface area contributed by atoms with E-state index < -0.39 is 23.7 Å². The second kappa shape index (κ2) is 9.93. The van der Waals surface area contributed by atoms with Crippen molar-refractivity contribution >= 4 is 29.1 Å². The molecule has 3 aromatic carbocycles. The van der Waals surface area contributed by atoms with Crippen molar-refractivity contribution in [2.24, 2.45) is 0 Å². The fourth-order valence-corrected chi connectivity index (χ4v) is 4.76. The molecule has 1 amide bonds. The molecule has 3 aromatic rings. The molecule has 0 saturated carbocycles. The number of hydrogen-bond donors (Lipinski definition) is 2. The Labute approximate surface area is 219 Å². The average molecular weight is 515 g/mol. The molecular formula is C29H26N2O7. The molecule has 5 rings (SSSR count). The zero-order chi connectivity index (χ0) is 27.0. The zero-order valence-electron chi connectivity index (χ0n) is 20.9. The maximum atomic E-state index is 13.4. The normalized spacial score (nSPS) is 18.2. The average Bonchev–Trinajstić information content (AvgIpc) is 3.18. The van der Waals surface area contributed by atoms with Crippen molar-refractivity contribution in [2.45, 2.75) is 12.6 Å². The number of nitrogens with zero attached hydrogens (tertiary/aromatic N) is 2. The number of ketones is 1. The number of likely N-dealkylation sites (tertiary alicyclic amines) is 1. The largest absolute Gasteiger partial charge is 0.508 e. The number of aromatic hydroxyl groups is 1. The van der Waals surface area contributed by atoms with Crippen molar-refractivity contribution in [3.8, 4) is 11.5 Å². The molecular weight excluding hydrogens is 488 g/mol. The number of anilines is 1. The van der Waals surface area contributed by atoms with Crippen LogP contribution in [0.2, 0.25) is 0 Å². The molecule has 0 aliphatic carbocycles. The van der Waals surface area contributed by atoms with Gasteiger partial charge in [-0.1, -0.05) is 24.3 Å². The third kappa shape index (κ3) is 4.43. The highest BCUT2D eigenvalue weighted by molar-refractivity contribution is 6.46. The molecule has 1 unspecified atom stereocenters. The minimum Gasteiger partial charge on any atom is -0.508 e. The number of methoxy groups -OCH3 is 1. The van der Waals surface area contributed by atoms with Gasteiger partial charge in [-0.05, 0) is 53.6 Å². The lowest BCUT2D eigenvalue weighted by Crippen LogP contribution is -2.29. The summed E-state index contributed by atoms with van der Waals surface area (Å²) in [6, 6.07) is 16.9. The summed E-state index contributed by atoms with van der Waals surface area (Å²) in [5, 5.41) is 21.2. The summed E-state index contributed by atoms with van der Waals surface area (Å²) in [5.74, 6) is -1.66. The van der Waals surface area contributed by atoms with Crippen molar-refractivity contribution in [1.29, 1.82) is 0 Å². The minimum absolute atomic E-state index is 0.0295. The van der Waals surface area contributed by atoms with Crippen LogP contribution in [-0.4, -0.2) is 60.1 Å². The predicted molar refractivity (Wildman–Crippen MR) is 139 cm³/mol. The number of benzene rings is 3. The number of aliphatic hydroxyl groups excluding tert-OH is 1. The molecule has 194 valence electrons. The number of carbonyl (C=O) groups is 3. The number of likely N-dealkylation sites (N-methyl/N-ethyl adjacent to an activating group) is 1. The van der Waals surface area contributed by atoms with Crippen LogP contribution in [0.5, 0.6) is 11.5 Å². The number of phenolic OH excluding ortho intramolecular Hbond substituents is 1. The van der Waals surface area contributed by atoms with E-state index in [2.05, 4.69) is 0 Å². The van der Waals surface area contributed by atoms with Crippen LogP contribution >= 0.6 is 0 Å². The van der Waals surface area contributed by atoms with Crippen molar-refractivity contribution in [3.63, 3.8) is 0 Å². The Kier molecular flexibility index (Phi) is 6.50. The Bertz CT molecular complexity index is 1440. The highest BCUT2D eigenvalue weighted by Gasteiger charge is 2.46. The summed E-state index contributed by atoms with van der Waals surface area (Å²) in [5.41, 5.74) is 2.68. The molecule has 1 atom stereocenters. The van der Waals surface area contributed by atoms with E-state index in [0.29, 0.717) is 41.2 Å². The highest BCUT2D eigenvalue weighted by atomic mass is 16.5. The van der Waals surface area contributed by atoms with Crippen LogP contribution in [0.4, 0.5) is 5.69 Å². The lowest BCUT2D eigenvalue weighted by Gasteiger charge is -2.28. The van der Waals surface area contributed by atoms with E-state index in [1.807, 2.05) is 11.9 Å². The fourth-order valence-electron chi connectivity index (χ4n) is 4.76. The van der Waals surface area contributed by atoms with Crippen molar-refractivity contribution in [1.82, 2.24) is 4.90 Å².